The molecule has 2 N–H and O–H groups in total. The number of hydrogen-bond donors (Lipinski definition) is 2. The molecule has 0 aliphatic carbocycles. The molecule has 0 aromatic carbocycles. The average Bonchev–Trinajstić information content (AvgIpc) is 2.56. The molecule has 0 saturated heterocycles. The van der Waals surface area contributed by atoms with Crippen molar-refractivity contribution in [2.24, 2.45) is 11.8 Å². The van der Waals surface area contributed by atoms with E-state index < -0.39 is 29.9 Å². The van der Waals surface area contributed by atoms with Crippen molar-refractivity contribution < 1.29 is 19.1 Å². The van der Waals surface area contributed by atoms with Crippen LogP contribution in [0, 0.1) is 11.8 Å². The number of esters is 1. The van der Waals surface area contributed by atoms with Gasteiger partial charge in [-0.2, -0.15) is 0 Å². The lowest BCUT2D eigenvalue weighted by Crippen LogP contribution is -2.55. The Hall–Kier alpha value is -2.51. The van der Waals surface area contributed by atoms with E-state index in [1.54, 1.807) is 27.7 Å². The second-order valence-corrected chi connectivity index (χ2v) is 6.04. The third-order valence-corrected chi connectivity index (χ3v) is 3.45. The molecule has 1 aromatic rings. The van der Waals surface area contributed by atoms with E-state index in [0.29, 0.717) is 0 Å². The van der Waals surface area contributed by atoms with Gasteiger partial charge < -0.3 is 15.4 Å². The van der Waals surface area contributed by atoms with Crippen molar-refractivity contribution in [1.82, 2.24) is 20.6 Å². The molecule has 8 nitrogen and oxygen atoms in total. The number of aromatic nitrogens is 2. The third kappa shape index (κ3) is 5.29. The number of rotatable bonds is 7. The summed E-state index contributed by atoms with van der Waals surface area (Å²) in [5, 5.41) is 5.27. The van der Waals surface area contributed by atoms with E-state index in [0.717, 1.165) is 0 Å². The first-order valence-corrected chi connectivity index (χ1v) is 7.73. The van der Waals surface area contributed by atoms with Gasteiger partial charge in [0.25, 0.3) is 5.91 Å². The zero-order chi connectivity index (χ0) is 18.3. The summed E-state index contributed by atoms with van der Waals surface area (Å²) in [5.74, 6) is -1.82. The number of hydrogen-bond acceptors (Lipinski definition) is 6. The van der Waals surface area contributed by atoms with Crippen LogP contribution < -0.4 is 10.6 Å². The molecule has 24 heavy (non-hydrogen) atoms. The summed E-state index contributed by atoms with van der Waals surface area (Å²) < 4.78 is 4.71. The Kier molecular flexibility index (Phi) is 7.29. The molecule has 2 atom stereocenters. The number of methoxy groups -OCH3 is 1. The molecular weight excluding hydrogens is 312 g/mol. The fourth-order valence-electron chi connectivity index (χ4n) is 2.03. The molecule has 0 spiro atoms. The van der Waals surface area contributed by atoms with Crippen LogP contribution in [0.25, 0.3) is 0 Å². The van der Waals surface area contributed by atoms with Gasteiger partial charge in [-0.1, -0.05) is 27.7 Å². The summed E-state index contributed by atoms with van der Waals surface area (Å²) in [6.07, 6.45) is 4.16. The van der Waals surface area contributed by atoms with E-state index in [9.17, 15) is 14.4 Å². The van der Waals surface area contributed by atoms with E-state index in [1.807, 2.05) is 0 Å². The second kappa shape index (κ2) is 8.95. The zero-order valence-electron chi connectivity index (χ0n) is 14.6. The fraction of sp³-hybridized carbons (Fsp3) is 0.562. The first-order chi connectivity index (χ1) is 11.3. The molecule has 1 heterocycles. The molecule has 132 valence electrons. The summed E-state index contributed by atoms with van der Waals surface area (Å²) in [5.41, 5.74) is 0.115. The molecule has 2 amide bonds. The van der Waals surface area contributed by atoms with Crippen LogP contribution in [0.5, 0.6) is 0 Å². The van der Waals surface area contributed by atoms with Gasteiger partial charge in [0.05, 0.1) is 13.3 Å². The number of nitrogens with one attached hydrogen (secondary N) is 2. The molecule has 1 rings (SSSR count). The van der Waals surface area contributed by atoms with Crippen molar-refractivity contribution in [3.8, 4) is 0 Å². The smallest absolute Gasteiger partial charge is 0.328 e. The van der Waals surface area contributed by atoms with Crippen LogP contribution in [0.3, 0.4) is 0 Å². The van der Waals surface area contributed by atoms with Gasteiger partial charge in [0.2, 0.25) is 5.91 Å². The van der Waals surface area contributed by atoms with Gasteiger partial charge in [-0.15, -0.1) is 0 Å². The number of amides is 2. The Bertz CT molecular complexity index is 575. The second-order valence-electron chi connectivity index (χ2n) is 6.04. The van der Waals surface area contributed by atoms with Crippen molar-refractivity contribution in [1.29, 1.82) is 0 Å². The maximum absolute atomic E-state index is 12.5. The highest BCUT2D eigenvalue weighted by atomic mass is 16.5. The van der Waals surface area contributed by atoms with Crippen molar-refractivity contribution in [2.75, 3.05) is 7.11 Å². The molecule has 0 saturated carbocycles. The van der Waals surface area contributed by atoms with E-state index in [1.165, 1.54) is 25.7 Å². The van der Waals surface area contributed by atoms with E-state index in [-0.39, 0.29) is 17.5 Å². The standard InChI is InChI=1S/C16H24N4O4/c1-9(2)12(19-14(21)11-8-17-6-7-18-11)15(22)20-13(10(3)4)16(23)24-5/h6-10,12-13H,1-5H3,(H,19,21)(H,20,22)/t12?,13-/m0/s1. The Balaban J connectivity index is 2.85. The molecule has 0 bridgehead atoms. The number of carbonyl (C=O) groups excluding carboxylic acids is 3. The Morgan fingerprint density at radius 2 is 1.62 bits per heavy atom. The van der Waals surface area contributed by atoms with E-state index in [4.69, 9.17) is 4.74 Å². The van der Waals surface area contributed by atoms with Gasteiger partial charge >= 0.3 is 5.97 Å². The Labute approximate surface area is 141 Å². The Morgan fingerprint density at radius 1 is 1.00 bits per heavy atom. The van der Waals surface area contributed by atoms with Gasteiger partial charge in [-0.25, -0.2) is 9.78 Å². The molecule has 0 aliphatic rings. The number of carbonyl (C=O) groups is 3. The van der Waals surface area contributed by atoms with Crippen LogP contribution in [-0.4, -0.2) is 46.9 Å². The minimum absolute atomic E-state index is 0.115. The minimum atomic E-state index is -0.814. The highest BCUT2D eigenvalue weighted by Crippen LogP contribution is 2.08. The quantitative estimate of drug-likeness (QED) is 0.703. The van der Waals surface area contributed by atoms with Gasteiger partial charge in [-0.05, 0) is 11.8 Å². The normalized spacial score (nSPS) is 13.3. The van der Waals surface area contributed by atoms with Gasteiger partial charge in [-0.3, -0.25) is 14.6 Å². The molecular formula is C16H24N4O4. The van der Waals surface area contributed by atoms with Gasteiger partial charge in [0.15, 0.2) is 0 Å². The highest BCUT2D eigenvalue weighted by Gasteiger charge is 2.31. The minimum Gasteiger partial charge on any atom is -0.467 e. The Morgan fingerprint density at radius 3 is 2.08 bits per heavy atom. The van der Waals surface area contributed by atoms with Crippen LogP contribution >= 0.6 is 0 Å². The summed E-state index contributed by atoms with van der Waals surface area (Å²) in [6, 6.07) is -1.59. The van der Waals surface area contributed by atoms with Crippen LogP contribution in [0.2, 0.25) is 0 Å². The lowest BCUT2D eigenvalue weighted by atomic mass is 10.00. The highest BCUT2D eigenvalue weighted by molar-refractivity contribution is 5.96. The van der Waals surface area contributed by atoms with Crippen molar-refractivity contribution in [3.63, 3.8) is 0 Å². The first-order valence-electron chi connectivity index (χ1n) is 7.73. The topological polar surface area (TPSA) is 110 Å². The third-order valence-electron chi connectivity index (χ3n) is 3.45. The summed E-state index contributed by atoms with van der Waals surface area (Å²) >= 11 is 0. The molecule has 0 fully saturated rings. The van der Waals surface area contributed by atoms with Crippen LogP contribution in [-0.2, 0) is 14.3 Å². The first kappa shape index (κ1) is 19.5. The summed E-state index contributed by atoms with van der Waals surface area (Å²) in [6.45, 7) is 7.18. The predicted octanol–water partition coefficient (Wildman–Crippen LogP) is 0.545. The zero-order valence-corrected chi connectivity index (χ0v) is 14.6. The largest absolute Gasteiger partial charge is 0.467 e. The predicted molar refractivity (Wildman–Crippen MR) is 86.9 cm³/mol. The summed E-state index contributed by atoms with van der Waals surface area (Å²) in [4.78, 5) is 44.2. The van der Waals surface area contributed by atoms with Crippen LogP contribution in [0.1, 0.15) is 38.2 Å². The molecule has 0 aliphatic heterocycles. The molecule has 1 unspecified atom stereocenters. The monoisotopic (exact) mass is 336 g/mol. The van der Waals surface area contributed by atoms with Gasteiger partial charge in [0, 0.05) is 12.4 Å². The summed E-state index contributed by atoms with van der Waals surface area (Å²) in [7, 11) is 1.26. The SMILES string of the molecule is COC(=O)[C@@H](NC(=O)C(NC(=O)c1cnccn1)C(C)C)C(C)C. The van der Waals surface area contributed by atoms with Crippen molar-refractivity contribution >= 4 is 17.8 Å². The maximum Gasteiger partial charge on any atom is 0.328 e. The molecule has 0 radical (unpaired) electrons. The maximum atomic E-state index is 12.5. The van der Waals surface area contributed by atoms with E-state index in [2.05, 4.69) is 20.6 Å². The van der Waals surface area contributed by atoms with E-state index >= 15 is 0 Å². The lowest BCUT2D eigenvalue weighted by molar-refractivity contribution is -0.146. The number of nitrogens with zero attached hydrogens (tertiary/aromatic N) is 2. The average molecular weight is 336 g/mol. The lowest BCUT2D eigenvalue weighted by Gasteiger charge is -2.26. The van der Waals surface area contributed by atoms with Crippen LogP contribution in [0.4, 0.5) is 0 Å². The number of ether oxygens (including phenoxy) is 1. The molecule has 8 heteroatoms. The van der Waals surface area contributed by atoms with Crippen molar-refractivity contribution in [3.05, 3.63) is 24.3 Å². The van der Waals surface area contributed by atoms with Crippen LogP contribution in [0.15, 0.2) is 18.6 Å². The fourth-order valence-corrected chi connectivity index (χ4v) is 2.03. The van der Waals surface area contributed by atoms with Gasteiger partial charge in [0.1, 0.15) is 17.8 Å². The molecule has 1 aromatic heterocycles. The van der Waals surface area contributed by atoms with Crippen molar-refractivity contribution in [2.45, 2.75) is 39.8 Å².